The standard InChI is InChI=1S/C26H23ClFN7O4S/c1-13-15(8-16(10-31-39)18-9-17(27)4-5-20(18)35(12-29)34-30-3)6-7-26(13,38)25-32-14(2)22(33-25)19-11-40-23(21(19)28)24(36)37/h4-5,8-12,29,38H,1,6-7H2,2-3H3,(H,32,33)(H,36,37)/b15-8-,16-10+,29-12?,34-30?. The molecular formula is C26H23ClFN7O4S. The topological polar surface area (TPSA) is 167 Å². The third kappa shape index (κ3) is 5.13. The van der Waals surface area contributed by atoms with Crippen LogP contribution >= 0.6 is 22.9 Å². The number of carbonyl (C=O) groups is 1. The van der Waals surface area contributed by atoms with Crippen molar-refractivity contribution in [3.05, 3.63) is 91.3 Å². The van der Waals surface area contributed by atoms with E-state index in [0.29, 0.717) is 45.1 Å². The van der Waals surface area contributed by atoms with Gasteiger partial charge in [-0.2, -0.15) is 5.11 Å². The number of allylic oxidation sites excluding steroid dienone is 2. The van der Waals surface area contributed by atoms with Crippen LogP contribution in [-0.4, -0.2) is 39.5 Å². The Morgan fingerprint density at radius 3 is 2.80 bits per heavy atom. The molecule has 2 aromatic heterocycles. The van der Waals surface area contributed by atoms with Gasteiger partial charge in [0.05, 0.1) is 24.6 Å². The average molecular weight is 584 g/mol. The highest BCUT2D eigenvalue weighted by atomic mass is 35.5. The highest BCUT2D eigenvalue weighted by Crippen LogP contribution is 2.47. The molecule has 3 aromatic rings. The number of aromatic amines is 1. The predicted molar refractivity (Wildman–Crippen MR) is 151 cm³/mol. The van der Waals surface area contributed by atoms with Gasteiger partial charge in [-0.05, 0) is 60.4 Å². The minimum Gasteiger partial charge on any atom is -0.477 e. The number of nitrogens with one attached hydrogen (secondary N) is 2. The molecule has 1 unspecified atom stereocenters. The number of carboxylic acid groups (broad SMARTS) is 1. The number of carboxylic acids is 1. The second-order valence-corrected chi connectivity index (χ2v) is 10.1. The van der Waals surface area contributed by atoms with Crippen LogP contribution in [0.3, 0.4) is 0 Å². The zero-order valence-corrected chi connectivity index (χ0v) is 22.8. The van der Waals surface area contributed by atoms with Crippen LogP contribution in [-0.2, 0) is 5.60 Å². The molecule has 11 nitrogen and oxygen atoms in total. The summed E-state index contributed by atoms with van der Waals surface area (Å²) in [5.41, 5.74) is 1.03. The first-order valence-electron chi connectivity index (χ1n) is 11.7. The number of nitroso groups, excluding NO2 is 1. The molecule has 1 fully saturated rings. The zero-order valence-electron chi connectivity index (χ0n) is 21.3. The highest BCUT2D eigenvalue weighted by molar-refractivity contribution is 7.12. The van der Waals surface area contributed by atoms with E-state index in [0.717, 1.165) is 23.9 Å². The molecule has 0 saturated heterocycles. The lowest BCUT2D eigenvalue weighted by Gasteiger charge is -2.21. The molecular weight excluding hydrogens is 561 g/mol. The monoisotopic (exact) mass is 583 g/mol. The first kappa shape index (κ1) is 28.7. The third-order valence-electron chi connectivity index (χ3n) is 6.45. The summed E-state index contributed by atoms with van der Waals surface area (Å²) in [5, 5.41) is 42.0. The maximum Gasteiger partial charge on any atom is 0.348 e. The van der Waals surface area contributed by atoms with Crippen molar-refractivity contribution < 1.29 is 19.4 Å². The highest BCUT2D eigenvalue weighted by Gasteiger charge is 2.43. The Morgan fingerprint density at radius 1 is 1.43 bits per heavy atom. The molecule has 1 aliphatic rings. The van der Waals surface area contributed by atoms with Gasteiger partial charge in [-0.1, -0.05) is 23.4 Å². The van der Waals surface area contributed by atoms with E-state index >= 15 is 0 Å². The van der Waals surface area contributed by atoms with Crippen molar-refractivity contribution in [2.24, 2.45) is 15.5 Å². The van der Waals surface area contributed by atoms with Gasteiger partial charge in [-0.15, -0.1) is 16.2 Å². The maximum absolute atomic E-state index is 14.7. The van der Waals surface area contributed by atoms with Gasteiger partial charge < -0.3 is 15.2 Å². The van der Waals surface area contributed by atoms with Crippen LogP contribution in [0.15, 0.2) is 69.1 Å². The van der Waals surface area contributed by atoms with Gasteiger partial charge in [0, 0.05) is 32.8 Å². The molecule has 4 rings (SSSR count). The number of anilines is 1. The van der Waals surface area contributed by atoms with Crippen molar-refractivity contribution in [2.75, 3.05) is 12.1 Å². The molecule has 40 heavy (non-hydrogen) atoms. The van der Waals surface area contributed by atoms with Gasteiger partial charge in [0.2, 0.25) is 0 Å². The summed E-state index contributed by atoms with van der Waals surface area (Å²) < 4.78 is 14.7. The fourth-order valence-electron chi connectivity index (χ4n) is 4.48. The predicted octanol–water partition coefficient (Wildman–Crippen LogP) is 6.62. The lowest BCUT2D eigenvalue weighted by atomic mass is 9.94. The van der Waals surface area contributed by atoms with E-state index < -0.39 is 22.3 Å². The summed E-state index contributed by atoms with van der Waals surface area (Å²) in [5.74, 6) is -2.15. The van der Waals surface area contributed by atoms with Gasteiger partial charge in [0.15, 0.2) is 5.82 Å². The van der Waals surface area contributed by atoms with Crippen LogP contribution in [0.2, 0.25) is 5.02 Å². The number of aromatic nitrogens is 2. The number of rotatable bonds is 9. The SMILES string of the molecule is C=C1/C(=C\C(=C/N=O)c2cc(Cl)ccc2N(C=N)N=NC)CCC1(O)c1nc(-c2csc(C(=O)O)c2F)c(C)[nH]1. The molecule has 2 heterocycles. The van der Waals surface area contributed by atoms with E-state index in [-0.39, 0.29) is 23.5 Å². The summed E-state index contributed by atoms with van der Waals surface area (Å²) in [6, 6.07) is 4.79. The smallest absolute Gasteiger partial charge is 0.348 e. The van der Waals surface area contributed by atoms with E-state index in [4.69, 9.17) is 17.0 Å². The minimum atomic E-state index is -1.65. The lowest BCUT2D eigenvalue weighted by Crippen LogP contribution is -2.25. The molecule has 1 saturated carbocycles. The molecule has 0 bridgehead atoms. The Bertz CT molecular complexity index is 1630. The molecule has 0 amide bonds. The van der Waals surface area contributed by atoms with Crippen molar-refractivity contribution in [3.63, 3.8) is 0 Å². The average Bonchev–Trinajstić information content (AvgIpc) is 3.58. The largest absolute Gasteiger partial charge is 0.477 e. The second kappa shape index (κ2) is 11.4. The Kier molecular flexibility index (Phi) is 8.18. The first-order valence-corrected chi connectivity index (χ1v) is 12.9. The Balaban J connectivity index is 1.74. The van der Waals surface area contributed by atoms with Gasteiger partial charge in [-0.3, -0.25) is 5.41 Å². The van der Waals surface area contributed by atoms with E-state index in [1.165, 1.54) is 17.4 Å². The summed E-state index contributed by atoms with van der Waals surface area (Å²) in [4.78, 5) is 29.6. The molecule has 0 aliphatic heterocycles. The number of H-pyrrole nitrogens is 1. The third-order valence-corrected chi connectivity index (χ3v) is 7.62. The van der Waals surface area contributed by atoms with Crippen molar-refractivity contribution >= 4 is 46.5 Å². The normalized spacial score (nSPS) is 18.6. The summed E-state index contributed by atoms with van der Waals surface area (Å²) in [6.45, 7) is 5.72. The molecule has 1 aromatic carbocycles. The molecule has 1 atom stereocenters. The minimum absolute atomic E-state index is 0.0149. The van der Waals surface area contributed by atoms with E-state index in [2.05, 4.69) is 32.1 Å². The number of thiophene rings is 1. The fraction of sp³-hybridized carbons (Fsp3) is 0.192. The van der Waals surface area contributed by atoms with Crippen LogP contribution < -0.4 is 5.01 Å². The van der Waals surface area contributed by atoms with Crippen molar-refractivity contribution in [1.82, 2.24) is 9.97 Å². The van der Waals surface area contributed by atoms with Gasteiger partial charge in [0.1, 0.15) is 22.6 Å². The molecule has 14 heteroatoms. The summed E-state index contributed by atoms with van der Waals surface area (Å²) in [7, 11) is 1.45. The number of benzene rings is 1. The van der Waals surface area contributed by atoms with Crippen molar-refractivity contribution in [2.45, 2.75) is 25.4 Å². The van der Waals surface area contributed by atoms with Gasteiger partial charge in [0.25, 0.3) is 0 Å². The van der Waals surface area contributed by atoms with Crippen LogP contribution in [0.5, 0.6) is 0 Å². The van der Waals surface area contributed by atoms with Crippen molar-refractivity contribution in [1.29, 1.82) is 5.41 Å². The van der Waals surface area contributed by atoms with Gasteiger partial charge in [-0.25, -0.2) is 19.2 Å². The number of hydrogen-bond acceptors (Lipinski definition) is 9. The Labute approximate surface area is 236 Å². The van der Waals surface area contributed by atoms with Crippen LogP contribution in [0.25, 0.3) is 16.8 Å². The molecule has 206 valence electrons. The lowest BCUT2D eigenvalue weighted by molar-refractivity contribution is 0.0697. The van der Waals surface area contributed by atoms with E-state index in [1.54, 1.807) is 31.2 Å². The van der Waals surface area contributed by atoms with Crippen LogP contribution in [0.4, 0.5) is 10.1 Å². The fourth-order valence-corrected chi connectivity index (χ4v) is 5.42. The van der Waals surface area contributed by atoms with Crippen LogP contribution in [0.1, 0.15) is 39.6 Å². The maximum atomic E-state index is 14.7. The quantitative estimate of drug-likeness (QED) is 0.0725. The number of hydrogen-bond donors (Lipinski definition) is 4. The number of aryl methyl sites for hydroxylation is 1. The van der Waals surface area contributed by atoms with Crippen molar-refractivity contribution in [3.8, 4) is 11.3 Å². The van der Waals surface area contributed by atoms with Crippen LogP contribution in [0, 0.1) is 23.1 Å². The molecule has 0 radical (unpaired) electrons. The first-order chi connectivity index (χ1) is 19.0. The van der Waals surface area contributed by atoms with Gasteiger partial charge >= 0.3 is 5.97 Å². The number of aliphatic hydroxyl groups is 1. The Morgan fingerprint density at radius 2 is 2.17 bits per heavy atom. The Hall–Kier alpha value is -4.33. The molecule has 0 spiro atoms. The number of aromatic carboxylic acids is 1. The summed E-state index contributed by atoms with van der Waals surface area (Å²) >= 11 is 6.99. The number of halogens is 2. The molecule has 1 aliphatic carbocycles. The zero-order chi connectivity index (χ0) is 29.2. The number of nitrogens with zero attached hydrogens (tertiary/aromatic N) is 5. The molecule has 4 N–H and O–H groups in total. The second-order valence-electron chi connectivity index (χ2n) is 8.78. The summed E-state index contributed by atoms with van der Waals surface area (Å²) in [6.07, 6.45) is 4.18. The number of imidazole rings is 1. The van der Waals surface area contributed by atoms with E-state index in [1.807, 2.05) is 0 Å². The van der Waals surface area contributed by atoms with E-state index in [9.17, 15) is 24.3 Å².